The molecule has 4 bridgehead atoms. The summed E-state index contributed by atoms with van der Waals surface area (Å²) in [5.41, 5.74) is 5.60. The van der Waals surface area contributed by atoms with Crippen LogP contribution in [0, 0.1) is 29.6 Å². The highest BCUT2D eigenvalue weighted by atomic mass is 16.2. The Morgan fingerprint density at radius 3 is 2.15 bits per heavy atom. The third-order valence-electron chi connectivity index (χ3n) is 6.43. The largest absolute Gasteiger partial charge is 0.351 e. The smallest absolute Gasteiger partial charge is 0.224 e. The van der Waals surface area contributed by atoms with Crippen molar-refractivity contribution in [1.29, 1.82) is 0 Å². The minimum Gasteiger partial charge on any atom is -0.351 e. The van der Waals surface area contributed by atoms with Gasteiger partial charge in [-0.3, -0.25) is 4.79 Å². The first-order valence-electron chi connectivity index (χ1n) is 8.56. The van der Waals surface area contributed by atoms with Crippen molar-refractivity contribution in [2.45, 2.75) is 64.3 Å². The average Bonchev–Trinajstić information content (AvgIpc) is 2.37. The summed E-state index contributed by atoms with van der Waals surface area (Å²) in [7, 11) is 0. The Hall–Kier alpha value is -0.570. The Morgan fingerprint density at radius 2 is 1.70 bits per heavy atom. The zero-order chi connectivity index (χ0) is 14.3. The van der Waals surface area contributed by atoms with Crippen molar-refractivity contribution < 1.29 is 4.79 Å². The highest BCUT2D eigenvalue weighted by Crippen LogP contribution is 2.56. The zero-order valence-corrected chi connectivity index (χ0v) is 13.0. The fourth-order valence-electron chi connectivity index (χ4n) is 5.38. The van der Waals surface area contributed by atoms with Crippen LogP contribution in [0.4, 0.5) is 0 Å². The highest BCUT2D eigenvalue weighted by Gasteiger charge is 2.51. The van der Waals surface area contributed by atoms with Crippen LogP contribution in [0.15, 0.2) is 0 Å². The Morgan fingerprint density at radius 1 is 1.15 bits per heavy atom. The standard InChI is InChI=1S/C17H30N2O/c1-3-17(2,4-5-18)19-16(20)15-13-7-11-6-12(9-13)10-14(15)8-11/h11-15H,3-10,18H2,1-2H3,(H,19,20). The van der Waals surface area contributed by atoms with Gasteiger partial charge in [0.25, 0.3) is 0 Å². The topological polar surface area (TPSA) is 55.1 Å². The minimum atomic E-state index is -0.111. The van der Waals surface area contributed by atoms with Gasteiger partial charge in [-0.15, -0.1) is 0 Å². The first-order valence-corrected chi connectivity index (χ1v) is 8.56. The Bertz CT molecular complexity index is 353. The first-order chi connectivity index (χ1) is 9.54. The molecule has 0 aromatic heterocycles. The lowest BCUT2D eigenvalue weighted by atomic mass is 9.51. The Labute approximate surface area is 123 Å². The van der Waals surface area contributed by atoms with Crippen LogP contribution < -0.4 is 11.1 Å². The van der Waals surface area contributed by atoms with Gasteiger partial charge in [0.2, 0.25) is 5.91 Å². The number of hydrogen-bond donors (Lipinski definition) is 2. The van der Waals surface area contributed by atoms with E-state index in [1.807, 2.05) is 0 Å². The van der Waals surface area contributed by atoms with Gasteiger partial charge in [0.05, 0.1) is 0 Å². The molecule has 4 rings (SSSR count). The Balaban J connectivity index is 1.68. The van der Waals surface area contributed by atoms with Gasteiger partial charge in [0.15, 0.2) is 0 Å². The van der Waals surface area contributed by atoms with Crippen molar-refractivity contribution in [3.05, 3.63) is 0 Å². The molecule has 4 aliphatic rings. The van der Waals surface area contributed by atoms with Gasteiger partial charge in [0.1, 0.15) is 0 Å². The van der Waals surface area contributed by atoms with E-state index in [9.17, 15) is 4.79 Å². The van der Waals surface area contributed by atoms with Gasteiger partial charge in [-0.2, -0.15) is 0 Å². The summed E-state index contributed by atoms with van der Waals surface area (Å²) in [6.45, 7) is 4.94. The first kappa shape index (κ1) is 14.4. The van der Waals surface area contributed by atoms with Gasteiger partial charge in [0, 0.05) is 11.5 Å². The summed E-state index contributed by atoms with van der Waals surface area (Å²) in [6, 6.07) is 0. The van der Waals surface area contributed by atoms with E-state index in [4.69, 9.17) is 5.73 Å². The van der Waals surface area contributed by atoms with Crippen LogP contribution in [0.2, 0.25) is 0 Å². The molecule has 0 radical (unpaired) electrons. The number of amides is 1. The maximum absolute atomic E-state index is 12.8. The molecule has 0 heterocycles. The van der Waals surface area contributed by atoms with E-state index in [0.717, 1.165) is 24.7 Å². The van der Waals surface area contributed by atoms with Crippen LogP contribution >= 0.6 is 0 Å². The number of hydrogen-bond acceptors (Lipinski definition) is 2. The van der Waals surface area contributed by atoms with Gasteiger partial charge in [-0.05, 0) is 82.1 Å². The lowest BCUT2D eigenvalue weighted by Gasteiger charge is -2.54. The summed E-state index contributed by atoms with van der Waals surface area (Å²) in [4.78, 5) is 12.8. The molecule has 3 N–H and O–H groups in total. The minimum absolute atomic E-state index is 0.111. The number of carbonyl (C=O) groups is 1. The molecule has 1 amide bonds. The van der Waals surface area contributed by atoms with Gasteiger partial charge in [-0.25, -0.2) is 0 Å². The van der Waals surface area contributed by atoms with E-state index in [-0.39, 0.29) is 5.54 Å². The molecule has 0 spiro atoms. The van der Waals surface area contributed by atoms with E-state index >= 15 is 0 Å². The van der Waals surface area contributed by atoms with Crippen LogP contribution in [0.1, 0.15) is 58.8 Å². The second-order valence-corrected chi connectivity index (χ2v) is 7.90. The molecule has 20 heavy (non-hydrogen) atoms. The maximum atomic E-state index is 12.8. The third kappa shape index (κ3) is 2.49. The molecular weight excluding hydrogens is 248 g/mol. The molecule has 3 heteroatoms. The van der Waals surface area contributed by atoms with Crippen molar-refractivity contribution in [3.8, 4) is 0 Å². The normalized spacial score (nSPS) is 41.5. The monoisotopic (exact) mass is 278 g/mol. The molecule has 4 aliphatic carbocycles. The molecule has 0 aromatic carbocycles. The average molecular weight is 278 g/mol. The fourth-order valence-corrected chi connectivity index (χ4v) is 5.38. The van der Waals surface area contributed by atoms with Crippen LogP contribution in [-0.2, 0) is 4.79 Å². The SMILES string of the molecule is CCC(C)(CCN)NC(=O)C1C2CC3CC(C2)CC1C3. The third-order valence-corrected chi connectivity index (χ3v) is 6.43. The predicted octanol–water partition coefficient (Wildman–Crippen LogP) is 2.69. The maximum Gasteiger partial charge on any atom is 0.224 e. The molecule has 1 unspecified atom stereocenters. The van der Waals surface area contributed by atoms with Gasteiger partial charge < -0.3 is 11.1 Å². The van der Waals surface area contributed by atoms with Crippen LogP contribution in [0.3, 0.4) is 0 Å². The molecule has 4 fully saturated rings. The van der Waals surface area contributed by atoms with Gasteiger partial charge in [-0.1, -0.05) is 6.92 Å². The number of rotatable bonds is 5. The molecule has 114 valence electrons. The summed E-state index contributed by atoms with van der Waals surface area (Å²) < 4.78 is 0. The summed E-state index contributed by atoms with van der Waals surface area (Å²) >= 11 is 0. The second-order valence-electron chi connectivity index (χ2n) is 7.90. The lowest BCUT2D eigenvalue weighted by Crippen LogP contribution is -2.55. The molecular formula is C17H30N2O. The highest BCUT2D eigenvalue weighted by molar-refractivity contribution is 5.80. The van der Waals surface area contributed by atoms with Crippen molar-refractivity contribution in [2.75, 3.05) is 6.54 Å². The number of nitrogens with two attached hydrogens (primary N) is 1. The Kier molecular flexibility index (Phi) is 3.83. The van der Waals surface area contributed by atoms with E-state index in [1.165, 1.54) is 32.1 Å². The zero-order valence-electron chi connectivity index (χ0n) is 13.0. The molecule has 1 atom stereocenters. The van der Waals surface area contributed by atoms with Crippen LogP contribution in [-0.4, -0.2) is 18.0 Å². The molecule has 0 aromatic rings. The van der Waals surface area contributed by atoms with E-state index in [0.29, 0.717) is 30.2 Å². The predicted molar refractivity (Wildman–Crippen MR) is 81.0 cm³/mol. The number of nitrogens with one attached hydrogen (secondary N) is 1. The molecule has 0 saturated heterocycles. The van der Waals surface area contributed by atoms with Crippen molar-refractivity contribution in [3.63, 3.8) is 0 Å². The van der Waals surface area contributed by atoms with Crippen molar-refractivity contribution in [2.24, 2.45) is 35.3 Å². The molecule has 3 nitrogen and oxygen atoms in total. The quantitative estimate of drug-likeness (QED) is 0.812. The summed E-state index contributed by atoms with van der Waals surface area (Å²) in [5.74, 6) is 3.84. The molecule has 0 aliphatic heterocycles. The number of carbonyl (C=O) groups excluding carboxylic acids is 1. The van der Waals surface area contributed by atoms with Gasteiger partial charge >= 0.3 is 0 Å². The van der Waals surface area contributed by atoms with E-state index < -0.39 is 0 Å². The fraction of sp³-hybridized carbons (Fsp3) is 0.941. The van der Waals surface area contributed by atoms with Crippen LogP contribution in [0.5, 0.6) is 0 Å². The van der Waals surface area contributed by atoms with E-state index in [1.54, 1.807) is 0 Å². The van der Waals surface area contributed by atoms with Crippen molar-refractivity contribution in [1.82, 2.24) is 5.32 Å². The van der Waals surface area contributed by atoms with E-state index in [2.05, 4.69) is 19.2 Å². The van der Waals surface area contributed by atoms with Crippen LogP contribution in [0.25, 0.3) is 0 Å². The molecule has 4 saturated carbocycles. The van der Waals surface area contributed by atoms with Crippen molar-refractivity contribution >= 4 is 5.91 Å². The second kappa shape index (κ2) is 5.32. The summed E-state index contributed by atoms with van der Waals surface area (Å²) in [6.07, 6.45) is 8.53. The summed E-state index contributed by atoms with van der Waals surface area (Å²) in [5, 5.41) is 3.35. The lowest BCUT2D eigenvalue weighted by molar-refractivity contribution is -0.140.